The van der Waals surface area contributed by atoms with Crippen LogP contribution in [0.4, 0.5) is 4.79 Å². The topological polar surface area (TPSA) is 88.1 Å². The highest BCUT2D eigenvalue weighted by atomic mass is 35.5. The molecule has 1 saturated carbocycles. The molecule has 29 heavy (non-hydrogen) atoms. The maximum absolute atomic E-state index is 13.2. The normalized spacial score (nSPS) is 20.9. The van der Waals surface area contributed by atoms with Crippen LogP contribution in [0.15, 0.2) is 23.4 Å². The summed E-state index contributed by atoms with van der Waals surface area (Å²) in [5.41, 5.74) is 1.39. The fourth-order valence-corrected chi connectivity index (χ4v) is 4.06. The minimum Gasteiger partial charge on any atom is -0.503 e. The van der Waals surface area contributed by atoms with E-state index >= 15 is 0 Å². The molecule has 1 aromatic carbocycles. The maximum atomic E-state index is 13.2. The summed E-state index contributed by atoms with van der Waals surface area (Å²) in [6.07, 6.45) is 5.98. The summed E-state index contributed by atoms with van der Waals surface area (Å²) in [7, 11) is 3.01. The van der Waals surface area contributed by atoms with E-state index in [-0.39, 0.29) is 28.7 Å². The zero-order valence-electron chi connectivity index (χ0n) is 17.0. The minimum atomic E-state index is -0.760. The average Bonchev–Trinajstić information content (AvgIpc) is 2.96. The Hall–Kier alpha value is -2.41. The second-order valence-corrected chi connectivity index (χ2v) is 7.92. The van der Waals surface area contributed by atoms with Crippen molar-refractivity contribution in [3.05, 3.63) is 34.0 Å². The summed E-state index contributed by atoms with van der Waals surface area (Å²) in [6, 6.07) is 1.97. The Labute approximate surface area is 175 Å². The lowest BCUT2D eigenvalue weighted by molar-refractivity contribution is -0.145. The molecule has 0 unspecified atom stereocenters. The van der Waals surface area contributed by atoms with Crippen molar-refractivity contribution in [3.63, 3.8) is 0 Å². The SMILES string of the molecule is COc1cc([C@H]2NC(=O)N(C)C(C)=C2C(=O)OC2CCCCCC2)cc(Cl)c1O. The third-order valence-electron chi connectivity index (χ3n) is 5.65. The third-order valence-corrected chi connectivity index (χ3v) is 5.94. The van der Waals surface area contributed by atoms with Crippen molar-refractivity contribution in [1.29, 1.82) is 0 Å². The number of carbonyl (C=O) groups excluding carboxylic acids is 2. The van der Waals surface area contributed by atoms with Crippen LogP contribution >= 0.6 is 11.6 Å². The molecule has 8 heteroatoms. The number of nitrogens with zero attached hydrogens (tertiary/aromatic N) is 1. The van der Waals surface area contributed by atoms with Crippen LogP contribution in [0.25, 0.3) is 0 Å². The van der Waals surface area contributed by atoms with E-state index in [1.807, 2.05) is 0 Å². The predicted octanol–water partition coefficient (Wildman–Crippen LogP) is 4.29. The monoisotopic (exact) mass is 422 g/mol. The molecule has 2 aliphatic rings. The van der Waals surface area contributed by atoms with Gasteiger partial charge < -0.3 is 24.8 Å². The number of amides is 2. The lowest BCUT2D eigenvalue weighted by Gasteiger charge is -2.34. The Morgan fingerprint density at radius 1 is 1.24 bits per heavy atom. The molecule has 1 atom stereocenters. The Morgan fingerprint density at radius 2 is 1.90 bits per heavy atom. The van der Waals surface area contributed by atoms with E-state index in [9.17, 15) is 14.7 Å². The van der Waals surface area contributed by atoms with Gasteiger partial charge in [-0.15, -0.1) is 0 Å². The van der Waals surface area contributed by atoms with Gasteiger partial charge in [0.15, 0.2) is 11.5 Å². The van der Waals surface area contributed by atoms with E-state index in [2.05, 4.69) is 5.32 Å². The molecule has 1 aromatic rings. The fraction of sp³-hybridized carbons (Fsp3) is 0.524. The number of allylic oxidation sites excluding steroid dienone is 1. The van der Waals surface area contributed by atoms with Crippen LogP contribution in [0.5, 0.6) is 11.5 Å². The van der Waals surface area contributed by atoms with E-state index < -0.39 is 12.0 Å². The van der Waals surface area contributed by atoms with Crippen molar-refractivity contribution < 1.29 is 24.2 Å². The van der Waals surface area contributed by atoms with Gasteiger partial charge in [-0.25, -0.2) is 9.59 Å². The molecule has 158 valence electrons. The molecule has 1 fully saturated rings. The highest BCUT2D eigenvalue weighted by Gasteiger charge is 2.36. The van der Waals surface area contributed by atoms with Crippen LogP contribution in [0, 0.1) is 0 Å². The van der Waals surface area contributed by atoms with Crippen LogP contribution in [-0.2, 0) is 9.53 Å². The van der Waals surface area contributed by atoms with Crippen LogP contribution in [-0.4, -0.2) is 42.3 Å². The highest BCUT2D eigenvalue weighted by Crippen LogP contribution is 2.40. The van der Waals surface area contributed by atoms with Crippen molar-refractivity contribution in [2.75, 3.05) is 14.2 Å². The van der Waals surface area contributed by atoms with Crippen LogP contribution < -0.4 is 10.1 Å². The molecule has 1 heterocycles. The van der Waals surface area contributed by atoms with Gasteiger partial charge in [-0.05, 0) is 50.3 Å². The van der Waals surface area contributed by atoms with E-state index in [1.165, 1.54) is 18.1 Å². The van der Waals surface area contributed by atoms with Gasteiger partial charge in [-0.3, -0.25) is 0 Å². The summed E-state index contributed by atoms with van der Waals surface area (Å²) < 4.78 is 11.0. The molecule has 0 spiro atoms. The number of rotatable bonds is 4. The van der Waals surface area contributed by atoms with Crippen molar-refractivity contribution in [1.82, 2.24) is 10.2 Å². The molecular weight excluding hydrogens is 396 g/mol. The van der Waals surface area contributed by atoms with Gasteiger partial charge in [0, 0.05) is 12.7 Å². The standard InChI is InChI=1S/C21H27ClN2O5/c1-12-17(20(26)29-14-8-6-4-5-7-9-14)18(23-21(27)24(12)2)13-10-15(22)19(25)16(11-13)28-3/h10-11,14,18,25H,4-9H2,1-3H3,(H,23,27)/t18-/m1/s1. The predicted molar refractivity (Wildman–Crippen MR) is 109 cm³/mol. The molecule has 3 rings (SSSR count). The lowest BCUT2D eigenvalue weighted by atomic mass is 9.94. The first-order valence-corrected chi connectivity index (χ1v) is 10.2. The van der Waals surface area contributed by atoms with Crippen LogP contribution in [0.1, 0.15) is 57.1 Å². The molecule has 1 aliphatic heterocycles. The maximum Gasteiger partial charge on any atom is 0.338 e. The molecule has 0 bridgehead atoms. The van der Waals surface area contributed by atoms with Crippen molar-refractivity contribution >= 4 is 23.6 Å². The first-order chi connectivity index (χ1) is 13.8. The Kier molecular flexibility index (Phi) is 6.57. The summed E-state index contributed by atoms with van der Waals surface area (Å²) in [6.45, 7) is 1.72. The zero-order valence-corrected chi connectivity index (χ0v) is 17.7. The van der Waals surface area contributed by atoms with Gasteiger partial charge in [-0.1, -0.05) is 24.4 Å². The molecule has 7 nitrogen and oxygen atoms in total. The quantitative estimate of drug-likeness (QED) is 0.558. The number of methoxy groups -OCH3 is 1. The molecule has 2 N–H and O–H groups in total. The Morgan fingerprint density at radius 3 is 2.52 bits per heavy atom. The van der Waals surface area contributed by atoms with Gasteiger partial charge in [0.05, 0.1) is 23.7 Å². The number of esters is 1. The number of ether oxygens (including phenoxy) is 2. The van der Waals surface area contributed by atoms with Crippen LogP contribution in [0.2, 0.25) is 5.02 Å². The second kappa shape index (κ2) is 8.95. The van der Waals surface area contributed by atoms with Gasteiger partial charge in [0.1, 0.15) is 6.10 Å². The van der Waals surface area contributed by atoms with E-state index in [1.54, 1.807) is 20.0 Å². The number of benzene rings is 1. The number of nitrogens with one attached hydrogen (secondary N) is 1. The highest BCUT2D eigenvalue weighted by molar-refractivity contribution is 6.32. The molecule has 0 saturated heterocycles. The number of hydrogen-bond acceptors (Lipinski definition) is 5. The van der Waals surface area contributed by atoms with Gasteiger partial charge in [-0.2, -0.15) is 0 Å². The number of phenolic OH excluding ortho intramolecular Hbond substituents is 1. The van der Waals surface area contributed by atoms with E-state index in [4.69, 9.17) is 21.1 Å². The summed E-state index contributed by atoms with van der Waals surface area (Å²) in [5, 5.41) is 12.9. The largest absolute Gasteiger partial charge is 0.503 e. The zero-order chi connectivity index (χ0) is 21.1. The number of halogens is 1. The summed E-state index contributed by atoms with van der Waals surface area (Å²) in [5.74, 6) is -0.482. The lowest BCUT2D eigenvalue weighted by Crippen LogP contribution is -2.46. The average molecular weight is 423 g/mol. The second-order valence-electron chi connectivity index (χ2n) is 7.51. The smallest absolute Gasteiger partial charge is 0.338 e. The molecule has 0 aromatic heterocycles. The van der Waals surface area contributed by atoms with Gasteiger partial charge in [0.2, 0.25) is 0 Å². The number of urea groups is 1. The van der Waals surface area contributed by atoms with Crippen LogP contribution in [0.3, 0.4) is 0 Å². The van der Waals surface area contributed by atoms with E-state index in [0.717, 1.165) is 38.5 Å². The Bertz CT molecular complexity index is 831. The molecule has 0 radical (unpaired) electrons. The van der Waals surface area contributed by atoms with Gasteiger partial charge >= 0.3 is 12.0 Å². The third kappa shape index (κ3) is 4.45. The van der Waals surface area contributed by atoms with E-state index in [0.29, 0.717) is 16.8 Å². The van der Waals surface area contributed by atoms with Crippen molar-refractivity contribution in [3.8, 4) is 11.5 Å². The Balaban J connectivity index is 1.97. The number of carbonyl (C=O) groups is 2. The molecule has 1 aliphatic carbocycles. The summed E-state index contributed by atoms with van der Waals surface area (Å²) in [4.78, 5) is 27.0. The first-order valence-electron chi connectivity index (χ1n) is 9.85. The molecule has 2 amide bonds. The molecular formula is C21H27ClN2O5. The fourth-order valence-electron chi connectivity index (χ4n) is 3.84. The number of phenols is 1. The van der Waals surface area contributed by atoms with Gasteiger partial charge in [0.25, 0.3) is 0 Å². The number of hydrogen-bond donors (Lipinski definition) is 2. The summed E-state index contributed by atoms with van der Waals surface area (Å²) >= 11 is 6.13. The van der Waals surface area contributed by atoms with Crippen molar-refractivity contribution in [2.24, 2.45) is 0 Å². The van der Waals surface area contributed by atoms with Crippen molar-refractivity contribution in [2.45, 2.75) is 57.6 Å². The number of aromatic hydroxyl groups is 1. The minimum absolute atomic E-state index is 0.0710. The first kappa shape index (κ1) is 21.3.